The zero-order chi connectivity index (χ0) is 35.7. The van der Waals surface area contributed by atoms with Crippen LogP contribution in [0.15, 0.2) is 55.6 Å². The summed E-state index contributed by atoms with van der Waals surface area (Å²) in [7, 11) is 1.68. The summed E-state index contributed by atoms with van der Waals surface area (Å²) in [6, 6.07) is 6.93. The highest BCUT2D eigenvalue weighted by atomic mass is 79.9. The van der Waals surface area contributed by atoms with E-state index >= 15 is 0 Å². The normalized spacial score (nSPS) is 28.1. The lowest BCUT2D eigenvalue weighted by Crippen LogP contribution is -2.62. The summed E-state index contributed by atoms with van der Waals surface area (Å²) in [4.78, 5) is 61.3. The molecule has 0 aliphatic carbocycles. The van der Waals surface area contributed by atoms with Gasteiger partial charge >= 0.3 is 5.97 Å². The molecule has 1 spiro atoms. The molecule has 48 heavy (non-hydrogen) atoms. The van der Waals surface area contributed by atoms with Crippen molar-refractivity contribution in [1.29, 1.82) is 0 Å². The van der Waals surface area contributed by atoms with E-state index in [1.807, 2.05) is 71.9 Å². The maximum Gasteiger partial charge on any atom is 0.313 e. The first kappa shape index (κ1) is 37.8. The molecule has 3 amide bonds. The van der Waals surface area contributed by atoms with E-state index in [1.165, 1.54) is 4.90 Å². The first-order valence-electron chi connectivity index (χ1n) is 16.9. The summed E-state index contributed by atoms with van der Waals surface area (Å²) in [5.74, 6) is -3.68. The summed E-state index contributed by atoms with van der Waals surface area (Å²) in [6.45, 7) is 18.8. The van der Waals surface area contributed by atoms with Crippen molar-refractivity contribution in [3.63, 3.8) is 0 Å². The van der Waals surface area contributed by atoms with Gasteiger partial charge in [-0.2, -0.15) is 0 Å². The maximum absolute atomic E-state index is 14.7. The zero-order valence-corrected chi connectivity index (χ0v) is 30.9. The second-order valence-electron chi connectivity index (χ2n) is 14.7. The molecule has 3 heterocycles. The molecule has 3 aliphatic rings. The Morgan fingerprint density at radius 3 is 2.35 bits per heavy atom. The van der Waals surface area contributed by atoms with Crippen molar-refractivity contribution in [3.8, 4) is 0 Å². The highest BCUT2D eigenvalue weighted by Crippen LogP contribution is 2.61. The number of ether oxygens (including phenoxy) is 2. The molecule has 3 fully saturated rings. The fraction of sp³-hybridized carbons (Fsp3) is 0.622. The largest absolute Gasteiger partial charge is 0.455 e. The minimum absolute atomic E-state index is 0.114. The number of fused-ring (bicyclic) bond motifs is 1. The minimum Gasteiger partial charge on any atom is -0.455 e. The number of carbonyl (C=O) groups is 4. The van der Waals surface area contributed by atoms with Gasteiger partial charge in [0.2, 0.25) is 17.7 Å². The van der Waals surface area contributed by atoms with Gasteiger partial charge in [0.15, 0.2) is 0 Å². The number of likely N-dealkylation sites (N-methyl/N-ethyl adjacent to an activating group) is 1. The van der Waals surface area contributed by atoms with Crippen LogP contribution in [0.5, 0.6) is 0 Å². The van der Waals surface area contributed by atoms with Gasteiger partial charge in [0.05, 0.1) is 36.6 Å². The van der Waals surface area contributed by atoms with E-state index in [2.05, 4.69) is 29.1 Å². The molecule has 1 N–H and O–H groups in total. The Balaban J connectivity index is 1.78. The Labute approximate surface area is 293 Å². The molecule has 11 heteroatoms. The van der Waals surface area contributed by atoms with Crippen molar-refractivity contribution in [2.45, 2.75) is 107 Å². The third kappa shape index (κ3) is 6.74. The topological polar surface area (TPSA) is 117 Å². The molecule has 0 saturated carbocycles. The number of aliphatic hydroxyl groups is 1. The van der Waals surface area contributed by atoms with Crippen LogP contribution in [0.2, 0.25) is 0 Å². The Morgan fingerprint density at radius 2 is 1.81 bits per heavy atom. The van der Waals surface area contributed by atoms with E-state index in [0.29, 0.717) is 18.4 Å². The molecular formula is C37H52BrN3O7. The lowest BCUT2D eigenvalue weighted by molar-refractivity contribution is -0.165. The fourth-order valence-electron chi connectivity index (χ4n) is 7.69. The average Bonchev–Trinajstić information content (AvgIpc) is 3.63. The van der Waals surface area contributed by atoms with Crippen LogP contribution < -0.4 is 0 Å². The molecule has 1 aromatic rings. The predicted molar refractivity (Wildman–Crippen MR) is 187 cm³/mol. The van der Waals surface area contributed by atoms with Gasteiger partial charge < -0.3 is 29.3 Å². The molecule has 1 unspecified atom stereocenters. The summed E-state index contributed by atoms with van der Waals surface area (Å²) in [6.07, 6.45) is 2.89. The lowest BCUT2D eigenvalue weighted by atomic mass is 9.70. The highest BCUT2D eigenvalue weighted by Gasteiger charge is 2.78. The molecule has 1 aromatic carbocycles. The number of aliphatic hydroxyl groups excluding tert-OH is 1. The maximum atomic E-state index is 14.7. The Bertz CT molecular complexity index is 1380. The number of benzene rings is 1. The smallest absolute Gasteiger partial charge is 0.313 e. The van der Waals surface area contributed by atoms with E-state index in [9.17, 15) is 24.3 Å². The van der Waals surface area contributed by atoms with Gasteiger partial charge in [-0.1, -0.05) is 72.3 Å². The van der Waals surface area contributed by atoms with Crippen molar-refractivity contribution >= 4 is 39.6 Å². The summed E-state index contributed by atoms with van der Waals surface area (Å²) < 4.78 is 13.1. The third-order valence-electron chi connectivity index (χ3n) is 10.3. The molecular weight excluding hydrogens is 678 g/mol. The van der Waals surface area contributed by atoms with Crippen molar-refractivity contribution < 1.29 is 33.8 Å². The number of esters is 1. The number of amides is 3. The second kappa shape index (κ2) is 14.8. The number of likely N-dealkylation sites (tertiary alicyclic amines) is 1. The van der Waals surface area contributed by atoms with Crippen molar-refractivity contribution in [1.82, 2.24) is 14.7 Å². The highest BCUT2D eigenvalue weighted by molar-refractivity contribution is 9.09. The predicted octanol–water partition coefficient (Wildman–Crippen LogP) is 4.66. The number of halogens is 1. The summed E-state index contributed by atoms with van der Waals surface area (Å²) in [5.41, 5.74) is -1.23. The molecule has 3 aliphatic heterocycles. The molecule has 10 nitrogen and oxygen atoms in total. The average molecular weight is 731 g/mol. The van der Waals surface area contributed by atoms with E-state index in [4.69, 9.17) is 9.47 Å². The SMILES string of the molecule is C=CCCC(=O)N(C)[C@H](C)[C@H](OC(=O)[C@@H]1[C@H]2O[C@@]3(CC2Br)[C@H](C(=O)N(CC=C)C(C)(C)C)N([C@@H](CO)C(C)C)C(=O)[C@@H]13)c1ccccc1. The molecule has 4 rings (SSSR count). The van der Waals surface area contributed by atoms with E-state index in [-0.39, 0.29) is 42.1 Å². The number of hydrogen-bond acceptors (Lipinski definition) is 7. The van der Waals surface area contributed by atoms with Crippen LogP contribution in [0.4, 0.5) is 0 Å². The Hall–Kier alpha value is -3.02. The zero-order valence-electron chi connectivity index (χ0n) is 29.3. The van der Waals surface area contributed by atoms with E-state index < -0.39 is 65.2 Å². The van der Waals surface area contributed by atoms with Crippen LogP contribution in [0.1, 0.15) is 72.5 Å². The lowest BCUT2D eigenvalue weighted by Gasteiger charge is -2.44. The minimum atomic E-state index is -1.32. The van der Waals surface area contributed by atoms with Gasteiger partial charge in [-0.3, -0.25) is 19.2 Å². The third-order valence-corrected chi connectivity index (χ3v) is 11.2. The van der Waals surface area contributed by atoms with Crippen molar-refractivity contribution in [2.24, 2.45) is 17.8 Å². The second-order valence-corrected chi connectivity index (χ2v) is 15.8. The van der Waals surface area contributed by atoms with Crippen LogP contribution in [0.3, 0.4) is 0 Å². The molecule has 0 radical (unpaired) electrons. The quantitative estimate of drug-likeness (QED) is 0.168. The van der Waals surface area contributed by atoms with Gasteiger partial charge in [0.1, 0.15) is 17.7 Å². The number of carbonyl (C=O) groups excluding carboxylic acids is 4. The number of rotatable bonds is 14. The van der Waals surface area contributed by atoms with Crippen LogP contribution in [-0.2, 0) is 28.7 Å². The van der Waals surface area contributed by atoms with Crippen LogP contribution in [0, 0.1) is 17.8 Å². The summed E-state index contributed by atoms with van der Waals surface area (Å²) >= 11 is 3.73. The van der Waals surface area contributed by atoms with Gasteiger partial charge in [0, 0.05) is 30.4 Å². The number of hydrogen-bond donors (Lipinski definition) is 1. The number of nitrogens with zero attached hydrogens (tertiary/aromatic N) is 3. The van der Waals surface area contributed by atoms with Gasteiger partial charge in [0.25, 0.3) is 0 Å². The van der Waals surface area contributed by atoms with E-state index in [1.54, 1.807) is 29.0 Å². The van der Waals surface area contributed by atoms with Gasteiger partial charge in [-0.15, -0.1) is 13.2 Å². The van der Waals surface area contributed by atoms with Gasteiger partial charge in [-0.05, 0) is 52.0 Å². The van der Waals surface area contributed by atoms with Crippen molar-refractivity contribution in [3.05, 3.63) is 61.2 Å². The Morgan fingerprint density at radius 1 is 1.17 bits per heavy atom. The van der Waals surface area contributed by atoms with Gasteiger partial charge in [-0.25, -0.2) is 0 Å². The van der Waals surface area contributed by atoms with Crippen LogP contribution in [-0.4, -0.2) is 104 Å². The molecule has 264 valence electrons. The first-order valence-corrected chi connectivity index (χ1v) is 17.8. The monoisotopic (exact) mass is 729 g/mol. The molecule has 0 aromatic heterocycles. The van der Waals surface area contributed by atoms with Crippen molar-refractivity contribution in [2.75, 3.05) is 20.2 Å². The van der Waals surface area contributed by atoms with Crippen LogP contribution in [0.25, 0.3) is 0 Å². The van der Waals surface area contributed by atoms with E-state index in [0.717, 1.165) is 0 Å². The Kier molecular flexibility index (Phi) is 11.7. The van der Waals surface area contributed by atoms with Crippen LogP contribution >= 0.6 is 15.9 Å². The first-order chi connectivity index (χ1) is 22.6. The standard InChI is InChI=1S/C37H52BrN3O7/c1-10-12-18-27(43)39(9)23(5)30(24-16-14-13-15-17-24)47-35(46)28-29-33(44)41(26(21-42)22(3)4)32(37(29)20-25(38)31(28)48-37)34(45)40(19-11-2)36(6,7)8/h10-11,13-17,22-23,25-26,28-32,42H,1-2,12,18-21H2,3-9H3/t23-,25?,26+,28+,29-,30+,31+,32+,37-/m1/s1. The molecule has 9 atom stereocenters. The fourth-order valence-corrected chi connectivity index (χ4v) is 8.63. The summed E-state index contributed by atoms with van der Waals surface area (Å²) in [5, 5.41) is 10.6. The number of allylic oxidation sites excluding steroid dienone is 1. The molecule has 2 bridgehead atoms. The number of alkyl halides is 1. The molecule has 3 saturated heterocycles.